The molecule has 1 heterocycles. The molecule has 0 saturated carbocycles. The third-order valence-electron chi connectivity index (χ3n) is 4.78. The van der Waals surface area contributed by atoms with E-state index in [1.165, 1.54) is 18.2 Å². The Bertz CT molecular complexity index is 1010. The lowest BCUT2D eigenvalue weighted by atomic mass is 9.93. The summed E-state index contributed by atoms with van der Waals surface area (Å²) < 4.78 is 5.86. The molecule has 1 aliphatic heterocycles. The molecule has 1 aliphatic rings. The highest BCUT2D eigenvalue weighted by Crippen LogP contribution is 2.38. The van der Waals surface area contributed by atoms with Gasteiger partial charge in [0.2, 0.25) is 11.8 Å². The lowest BCUT2D eigenvalue weighted by Gasteiger charge is -2.26. The van der Waals surface area contributed by atoms with Gasteiger partial charge in [0, 0.05) is 36.5 Å². The lowest BCUT2D eigenvalue weighted by molar-refractivity contribution is -0.384. The second-order valence-electron chi connectivity index (χ2n) is 7.58. The van der Waals surface area contributed by atoms with Crippen molar-refractivity contribution in [3.05, 3.63) is 64.2 Å². The molecule has 0 aromatic heterocycles. The number of carbonyl (C=O) groups is 2. The summed E-state index contributed by atoms with van der Waals surface area (Å²) in [7, 11) is 0. The summed E-state index contributed by atoms with van der Waals surface area (Å²) in [6.45, 7) is 6.35. The number of rotatable bonds is 5. The number of ether oxygens (including phenoxy) is 1. The molecule has 0 saturated heterocycles. The van der Waals surface area contributed by atoms with Gasteiger partial charge in [-0.25, -0.2) is 0 Å². The average Bonchev–Trinajstić information content (AvgIpc) is 2.81. The van der Waals surface area contributed by atoms with E-state index in [4.69, 9.17) is 4.74 Å². The van der Waals surface area contributed by atoms with E-state index in [2.05, 4.69) is 5.32 Å². The molecule has 0 atom stereocenters. The van der Waals surface area contributed by atoms with E-state index in [0.29, 0.717) is 29.2 Å². The zero-order chi connectivity index (χ0) is 21.9. The van der Waals surface area contributed by atoms with Crippen molar-refractivity contribution in [3.63, 3.8) is 0 Å². The monoisotopic (exact) mass is 409 g/mol. The third kappa shape index (κ3) is 4.48. The maximum Gasteiger partial charge on any atom is 0.269 e. The Balaban J connectivity index is 1.73. The minimum atomic E-state index is -0.647. The predicted molar refractivity (Wildman–Crippen MR) is 115 cm³/mol. The standard InChI is InChI=1S/C22H23N3O5/c1-4-24-18-11-8-16(13-19(18)30-14-22(2,3)21(24)27)23-20(26)12-7-15-5-9-17(10-6-15)25(28)29/h5-13H,4,14H2,1-3H3,(H,23,26)/b12-7+. The smallest absolute Gasteiger partial charge is 0.269 e. The molecule has 0 aliphatic carbocycles. The maximum absolute atomic E-state index is 12.7. The number of nitro groups is 1. The number of benzene rings is 2. The van der Waals surface area contributed by atoms with Gasteiger partial charge in [-0.15, -0.1) is 0 Å². The highest BCUT2D eigenvalue weighted by molar-refractivity contribution is 6.03. The Morgan fingerprint density at radius 3 is 2.60 bits per heavy atom. The second-order valence-corrected chi connectivity index (χ2v) is 7.58. The van der Waals surface area contributed by atoms with Crippen molar-refractivity contribution in [2.24, 2.45) is 5.41 Å². The summed E-state index contributed by atoms with van der Waals surface area (Å²) in [5.41, 5.74) is 1.22. The highest BCUT2D eigenvalue weighted by Gasteiger charge is 2.37. The Morgan fingerprint density at radius 1 is 1.27 bits per heavy atom. The van der Waals surface area contributed by atoms with Gasteiger partial charge in [-0.2, -0.15) is 0 Å². The Kier molecular flexibility index (Phi) is 5.86. The van der Waals surface area contributed by atoms with Gasteiger partial charge in [0.05, 0.1) is 16.0 Å². The molecule has 1 N–H and O–H groups in total. The van der Waals surface area contributed by atoms with Gasteiger partial charge < -0.3 is 15.0 Å². The van der Waals surface area contributed by atoms with E-state index in [1.54, 1.807) is 41.3 Å². The first-order valence-electron chi connectivity index (χ1n) is 9.53. The normalized spacial score (nSPS) is 15.3. The lowest BCUT2D eigenvalue weighted by Crippen LogP contribution is -2.42. The number of nitro benzene ring substituents is 1. The molecule has 0 unspecified atom stereocenters. The van der Waals surface area contributed by atoms with Gasteiger partial charge >= 0.3 is 0 Å². The van der Waals surface area contributed by atoms with Gasteiger partial charge in [-0.3, -0.25) is 19.7 Å². The molecule has 156 valence electrons. The maximum atomic E-state index is 12.7. The molecule has 2 aromatic carbocycles. The summed E-state index contributed by atoms with van der Waals surface area (Å²) in [4.78, 5) is 36.9. The molecule has 2 amide bonds. The molecule has 0 spiro atoms. The summed E-state index contributed by atoms with van der Waals surface area (Å²) in [6, 6.07) is 11.1. The van der Waals surface area contributed by atoms with Crippen LogP contribution in [0.2, 0.25) is 0 Å². The zero-order valence-electron chi connectivity index (χ0n) is 17.0. The number of nitrogens with zero attached hydrogens (tertiary/aromatic N) is 2. The molecule has 3 rings (SSSR count). The first-order chi connectivity index (χ1) is 14.2. The van der Waals surface area contributed by atoms with Crippen LogP contribution in [0.5, 0.6) is 5.75 Å². The molecule has 8 nitrogen and oxygen atoms in total. The topological polar surface area (TPSA) is 102 Å². The number of anilines is 2. The van der Waals surface area contributed by atoms with E-state index in [-0.39, 0.29) is 24.1 Å². The van der Waals surface area contributed by atoms with Crippen molar-refractivity contribution in [2.45, 2.75) is 20.8 Å². The first kappa shape index (κ1) is 21.0. The van der Waals surface area contributed by atoms with Crippen molar-refractivity contribution in [2.75, 3.05) is 23.4 Å². The summed E-state index contributed by atoms with van der Waals surface area (Å²) >= 11 is 0. The van der Waals surface area contributed by atoms with Crippen molar-refractivity contribution in [3.8, 4) is 5.75 Å². The number of fused-ring (bicyclic) bond motifs is 1. The van der Waals surface area contributed by atoms with Crippen LogP contribution in [0.1, 0.15) is 26.3 Å². The molecule has 30 heavy (non-hydrogen) atoms. The van der Waals surface area contributed by atoms with Crippen molar-refractivity contribution in [1.29, 1.82) is 0 Å². The fraction of sp³-hybridized carbons (Fsp3) is 0.273. The number of hydrogen-bond acceptors (Lipinski definition) is 5. The molecule has 2 aromatic rings. The number of carbonyl (C=O) groups excluding carboxylic acids is 2. The van der Waals surface area contributed by atoms with E-state index in [0.717, 1.165) is 0 Å². The molecular weight excluding hydrogens is 386 g/mol. The highest BCUT2D eigenvalue weighted by atomic mass is 16.6. The second kappa shape index (κ2) is 8.36. The van der Waals surface area contributed by atoms with Crippen LogP contribution in [0.4, 0.5) is 17.1 Å². The van der Waals surface area contributed by atoms with Gasteiger partial charge in [-0.05, 0) is 56.7 Å². The zero-order valence-corrected chi connectivity index (χ0v) is 17.0. The largest absolute Gasteiger partial charge is 0.490 e. The van der Waals surface area contributed by atoms with Crippen LogP contribution in [0.25, 0.3) is 6.08 Å². The van der Waals surface area contributed by atoms with Crippen molar-refractivity contribution >= 4 is 35.0 Å². The van der Waals surface area contributed by atoms with Crippen LogP contribution in [0.15, 0.2) is 48.5 Å². The summed E-state index contributed by atoms with van der Waals surface area (Å²) in [5.74, 6) is 0.171. The minimum absolute atomic E-state index is 0.00781. The predicted octanol–water partition coefficient (Wildman–Crippen LogP) is 4.02. The molecule has 8 heteroatoms. The first-order valence-corrected chi connectivity index (χ1v) is 9.53. The Hall–Kier alpha value is -3.68. The van der Waals surface area contributed by atoms with Crippen LogP contribution < -0.4 is 15.0 Å². The molecular formula is C22H23N3O5. The van der Waals surface area contributed by atoms with Crippen molar-refractivity contribution < 1.29 is 19.2 Å². The van der Waals surface area contributed by atoms with Crippen molar-refractivity contribution in [1.82, 2.24) is 0 Å². The van der Waals surface area contributed by atoms with E-state index in [9.17, 15) is 19.7 Å². The third-order valence-corrected chi connectivity index (χ3v) is 4.78. The quantitative estimate of drug-likeness (QED) is 0.457. The van der Waals surface area contributed by atoms with Crippen LogP contribution in [0.3, 0.4) is 0 Å². The summed E-state index contributed by atoms with van der Waals surface area (Å²) in [5, 5.41) is 13.4. The number of amides is 2. The van der Waals surface area contributed by atoms with Gasteiger partial charge in [0.1, 0.15) is 12.4 Å². The van der Waals surface area contributed by atoms with E-state index < -0.39 is 10.3 Å². The van der Waals surface area contributed by atoms with Crippen LogP contribution in [-0.2, 0) is 9.59 Å². The SMILES string of the molecule is CCN1C(=O)C(C)(C)COc2cc(NC(=O)/C=C/c3ccc([N+](=O)[O-])cc3)ccc21. The molecule has 0 fully saturated rings. The van der Waals surface area contributed by atoms with Gasteiger partial charge in [-0.1, -0.05) is 0 Å². The van der Waals surface area contributed by atoms with Crippen LogP contribution >= 0.6 is 0 Å². The minimum Gasteiger partial charge on any atom is -0.490 e. The number of hydrogen-bond donors (Lipinski definition) is 1. The van der Waals surface area contributed by atoms with E-state index in [1.807, 2.05) is 20.8 Å². The molecule has 0 bridgehead atoms. The average molecular weight is 409 g/mol. The Labute approximate surface area is 174 Å². The van der Waals surface area contributed by atoms with Crippen LogP contribution in [0, 0.1) is 15.5 Å². The van der Waals surface area contributed by atoms with Crippen LogP contribution in [-0.4, -0.2) is 29.9 Å². The molecule has 0 radical (unpaired) electrons. The van der Waals surface area contributed by atoms with Gasteiger partial charge in [0.25, 0.3) is 5.69 Å². The summed E-state index contributed by atoms with van der Waals surface area (Å²) in [6.07, 6.45) is 2.91. The van der Waals surface area contributed by atoms with E-state index >= 15 is 0 Å². The fourth-order valence-electron chi connectivity index (χ4n) is 3.10. The number of nitrogens with one attached hydrogen (secondary N) is 1. The Morgan fingerprint density at radius 2 is 1.97 bits per heavy atom. The number of non-ortho nitro benzene ring substituents is 1. The van der Waals surface area contributed by atoms with Gasteiger partial charge in [0.15, 0.2) is 0 Å². The fourth-order valence-corrected chi connectivity index (χ4v) is 3.10.